The van der Waals surface area contributed by atoms with Crippen LogP contribution in [0.4, 0.5) is 0 Å². The molecule has 0 aliphatic rings. The highest BCUT2D eigenvalue weighted by Gasteiger charge is 2.05. The Hall–Kier alpha value is -1.08. The van der Waals surface area contributed by atoms with E-state index < -0.39 is 0 Å². The molecule has 1 rings (SSSR count). The second-order valence-corrected chi connectivity index (χ2v) is 4.99. The van der Waals surface area contributed by atoms with Crippen molar-refractivity contribution < 1.29 is 0 Å². The average molecular weight is 231 g/mol. The third-order valence-electron chi connectivity index (χ3n) is 2.77. The zero-order valence-corrected chi connectivity index (χ0v) is 11.6. The maximum absolute atomic E-state index is 3.59. The molecule has 1 aromatic carbocycles. The Morgan fingerprint density at radius 2 is 1.88 bits per heavy atom. The maximum atomic E-state index is 3.59. The Bertz CT molecular complexity index is 344. The van der Waals surface area contributed by atoms with E-state index in [2.05, 4.69) is 63.4 Å². The van der Waals surface area contributed by atoms with Gasteiger partial charge in [-0.2, -0.15) is 0 Å². The Balaban J connectivity index is 2.64. The van der Waals surface area contributed by atoms with Gasteiger partial charge in [-0.1, -0.05) is 48.4 Å². The smallest absolute Gasteiger partial charge is 0.0292 e. The van der Waals surface area contributed by atoms with Crippen molar-refractivity contribution in [2.24, 2.45) is 0 Å². The van der Waals surface area contributed by atoms with Gasteiger partial charge in [0.25, 0.3) is 0 Å². The van der Waals surface area contributed by atoms with Gasteiger partial charge >= 0.3 is 0 Å². The van der Waals surface area contributed by atoms with E-state index in [9.17, 15) is 0 Å². The number of hydrogen-bond acceptors (Lipinski definition) is 1. The second-order valence-electron chi connectivity index (χ2n) is 4.99. The van der Waals surface area contributed by atoms with Gasteiger partial charge in [-0.25, -0.2) is 0 Å². The molecule has 0 amide bonds. The van der Waals surface area contributed by atoms with Crippen LogP contribution in [0.2, 0.25) is 0 Å². The van der Waals surface area contributed by atoms with Gasteiger partial charge in [0.15, 0.2) is 0 Å². The number of aryl methyl sites for hydroxylation is 1. The standard InChI is InChI=1S/C16H25N/c1-5-10-17-16(11-13(2)3)12-15-8-6-14(4)7-9-15/h6-9,11,16-17H,5,10,12H2,1-4H3. The van der Waals surface area contributed by atoms with Gasteiger partial charge in [0.2, 0.25) is 0 Å². The summed E-state index contributed by atoms with van der Waals surface area (Å²) in [6.07, 6.45) is 4.59. The number of allylic oxidation sites excluding steroid dienone is 1. The van der Waals surface area contributed by atoms with Crippen LogP contribution in [-0.2, 0) is 6.42 Å². The van der Waals surface area contributed by atoms with Gasteiger partial charge in [0.05, 0.1) is 0 Å². The SMILES string of the molecule is CCCNC(C=C(C)C)Cc1ccc(C)cc1. The molecular formula is C16H25N. The minimum absolute atomic E-state index is 0.461. The molecular weight excluding hydrogens is 206 g/mol. The average Bonchev–Trinajstić information content (AvgIpc) is 2.28. The van der Waals surface area contributed by atoms with Gasteiger partial charge in [-0.05, 0) is 45.7 Å². The van der Waals surface area contributed by atoms with Crippen LogP contribution < -0.4 is 5.32 Å². The Morgan fingerprint density at radius 1 is 1.24 bits per heavy atom. The molecule has 0 radical (unpaired) electrons. The van der Waals surface area contributed by atoms with Crippen LogP contribution >= 0.6 is 0 Å². The quantitative estimate of drug-likeness (QED) is 0.733. The second kappa shape index (κ2) is 7.29. The van der Waals surface area contributed by atoms with E-state index >= 15 is 0 Å². The summed E-state index contributed by atoms with van der Waals surface area (Å²) in [5, 5.41) is 3.59. The first kappa shape index (κ1) is 14.0. The van der Waals surface area contributed by atoms with E-state index in [0.29, 0.717) is 6.04 Å². The van der Waals surface area contributed by atoms with Crippen molar-refractivity contribution in [2.75, 3.05) is 6.54 Å². The van der Waals surface area contributed by atoms with Crippen LogP contribution in [0.15, 0.2) is 35.9 Å². The van der Waals surface area contributed by atoms with Crippen molar-refractivity contribution in [3.63, 3.8) is 0 Å². The summed E-state index contributed by atoms with van der Waals surface area (Å²) in [5.41, 5.74) is 4.11. The highest BCUT2D eigenvalue weighted by atomic mass is 14.9. The molecule has 0 heterocycles. The lowest BCUT2D eigenvalue weighted by molar-refractivity contribution is 0.582. The maximum Gasteiger partial charge on any atom is 0.0292 e. The Kier molecular flexibility index (Phi) is 5.99. The van der Waals surface area contributed by atoms with E-state index in [1.165, 1.54) is 23.1 Å². The molecule has 0 aromatic heterocycles. The van der Waals surface area contributed by atoms with Gasteiger partial charge in [-0.3, -0.25) is 0 Å². The molecule has 1 N–H and O–H groups in total. The molecule has 1 nitrogen and oxygen atoms in total. The molecule has 0 aliphatic heterocycles. The monoisotopic (exact) mass is 231 g/mol. The molecule has 0 saturated carbocycles. The number of benzene rings is 1. The molecule has 0 fully saturated rings. The van der Waals surface area contributed by atoms with Crippen molar-refractivity contribution >= 4 is 0 Å². The van der Waals surface area contributed by atoms with Crippen LogP contribution in [0.3, 0.4) is 0 Å². The summed E-state index contributed by atoms with van der Waals surface area (Å²) in [6, 6.07) is 9.30. The number of rotatable bonds is 6. The predicted octanol–water partition coefficient (Wildman–Crippen LogP) is 3.87. The van der Waals surface area contributed by atoms with E-state index in [-0.39, 0.29) is 0 Å². The summed E-state index contributed by atoms with van der Waals surface area (Å²) in [5.74, 6) is 0. The molecule has 0 saturated heterocycles. The lowest BCUT2D eigenvalue weighted by Crippen LogP contribution is -2.30. The van der Waals surface area contributed by atoms with Crippen molar-refractivity contribution in [2.45, 2.75) is 46.6 Å². The minimum Gasteiger partial charge on any atom is -0.310 e. The summed E-state index contributed by atoms with van der Waals surface area (Å²) < 4.78 is 0. The van der Waals surface area contributed by atoms with Gasteiger partial charge in [0, 0.05) is 6.04 Å². The normalized spacial score (nSPS) is 12.2. The van der Waals surface area contributed by atoms with E-state index in [4.69, 9.17) is 0 Å². The molecule has 0 aliphatic carbocycles. The van der Waals surface area contributed by atoms with E-state index in [0.717, 1.165) is 13.0 Å². The zero-order chi connectivity index (χ0) is 12.7. The van der Waals surface area contributed by atoms with Crippen molar-refractivity contribution in [3.05, 3.63) is 47.0 Å². The largest absolute Gasteiger partial charge is 0.310 e. The van der Waals surface area contributed by atoms with Gasteiger partial charge in [0.1, 0.15) is 0 Å². The van der Waals surface area contributed by atoms with Crippen molar-refractivity contribution in [1.29, 1.82) is 0 Å². The third kappa shape index (κ3) is 5.69. The predicted molar refractivity (Wildman–Crippen MR) is 76.4 cm³/mol. The van der Waals surface area contributed by atoms with Gasteiger partial charge in [-0.15, -0.1) is 0 Å². The van der Waals surface area contributed by atoms with Crippen LogP contribution in [0, 0.1) is 6.92 Å². The van der Waals surface area contributed by atoms with Gasteiger partial charge < -0.3 is 5.32 Å². The first-order chi connectivity index (χ1) is 8.11. The number of hydrogen-bond donors (Lipinski definition) is 1. The lowest BCUT2D eigenvalue weighted by Gasteiger charge is -2.15. The molecule has 1 heteroatoms. The zero-order valence-electron chi connectivity index (χ0n) is 11.6. The fraction of sp³-hybridized carbons (Fsp3) is 0.500. The van der Waals surface area contributed by atoms with Crippen LogP contribution in [0.1, 0.15) is 38.3 Å². The summed E-state index contributed by atoms with van der Waals surface area (Å²) in [4.78, 5) is 0. The van der Waals surface area contributed by atoms with Crippen molar-refractivity contribution in [1.82, 2.24) is 5.32 Å². The summed E-state index contributed by atoms with van der Waals surface area (Å²) >= 11 is 0. The molecule has 1 atom stereocenters. The highest BCUT2D eigenvalue weighted by Crippen LogP contribution is 2.08. The van der Waals surface area contributed by atoms with Crippen molar-refractivity contribution in [3.8, 4) is 0 Å². The first-order valence-corrected chi connectivity index (χ1v) is 6.55. The summed E-state index contributed by atoms with van der Waals surface area (Å²) in [6.45, 7) is 9.75. The molecule has 0 spiro atoms. The lowest BCUT2D eigenvalue weighted by atomic mass is 10.0. The fourth-order valence-electron chi connectivity index (χ4n) is 1.90. The number of nitrogens with one attached hydrogen (secondary N) is 1. The molecule has 0 bridgehead atoms. The van der Waals surface area contributed by atoms with Crippen LogP contribution in [0.5, 0.6) is 0 Å². The molecule has 1 unspecified atom stereocenters. The minimum atomic E-state index is 0.461. The highest BCUT2D eigenvalue weighted by molar-refractivity contribution is 5.23. The van der Waals surface area contributed by atoms with Crippen LogP contribution in [-0.4, -0.2) is 12.6 Å². The Morgan fingerprint density at radius 3 is 2.41 bits per heavy atom. The fourth-order valence-corrected chi connectivity index (χ4v) is 1.90. The third-order valence-corrected chi connectivity index (χ3v) is 2.77. The van der Waals surface area contributed by atoms with E-state index in [1.54, 1.807) is 0 Å². The first-order valence-electron chi connectivity index (χ1n) is 6.55. The van der Waals surface area contributed by atoms with Crippen LogP contribution in [0.25, 0.3) is 0 Å². The molecule has 17 heavy (non-hydrogen) atoms. The van der Waals surface area contributed by atoms with E-state index in [1.807, 2.05) is 0 Å². The topological polar surface area (TPSA) is 12.0 Å². The molecule has 94 valence electrons. The summed E-state index contributed by atoms with van der Waals surface area (Å²) in [7, 11) is 0. The Labute approximate surface area is 106 Å². The molecule has 1 aromatic rings.